The lowest BCUT2D eigenvalue weighted by Gasteiger charge is -2.30. The van der Waals surface area contributed by atoms with Gasteiger partial charge in [0.05, 0.1) is 17.1 Å². The SMILES string of the molecule is O=C(C=C1Sc2ccccc2N(Cc2ccccc2Cl)C1=O)NCC1CC1. The number of nitrogens with one attached hydrogen (secondary N) is 1. The number of anilines is 1. The molecule has 6 heteroatoms. The number of benzene rings is 2. The molecule has 1 aliphatic carbocycles. The fraction of sp³-hybridized carbons (Fsp3) is 0.238. The third kappa shape index (κ3) is 4.20. The molecule has 0 spiro atoms. The normalized spacial score (nSPS) is 17.7. The Morgan fingerprint density at radius 1 is 1.19 bits per heavy atom. The number of carbonyl (C=O) groups is 2. The van der Waals surface area contributed by atoms with Crippen molar-refractivity contribution in [1.29, 1.82) is 0 Å². The average Bonchev–Trinajstić information content (AvgIpc) is 3.49. The van der Waals surface area contributed by atoms with Crippen molar-refractivity contribution >= 4 is 40.9 Å². The molecule has 2 aliphatic rings. The topological polar surface area (TPSA) is 49.4 Å². The maximum Gasteiger partial charge on any atom is 0.265 e. The number of halogens is 1. The highest BCUT2D eigenvalue weighted by molar-refractivity contribution is 8.04. The molecule has 1 saturated carbocycles. The number of amides is 2. The largest absolute Gasteiger partial charge is 0.352 e. The van der Waals surface area contributed by atoms with Crippen molar-refractivity contribution in [1.82, 2.24) is 5.32 Å². The van der Waals surface area contributed by atoms with Crippen LogP contribution in [0.15, 0.2) is 64.4 Å². The Labute approximate surface area is 167 Å². The Balaban J connectivity index is 1.61. The third-order valence-corrected chi connectivity index (χ3v) is 6.09. The van der Waals surface area contributed by atoms with Crippen LogP contribution in [0, 0.1) is 5.92 Å². The Hall–Kier alpha value is -2.24. The van der Waals surface area contributed by atoms with E-state index in [9.17, 15) is 9.59 Å². The van der Waals surface area contributed by atoms with Gasteiger partial charge in [0.25, 0.3) is 5.91 Å². The summed E-state index contributed by atoms with van der Waals surface area (Å²) in [6, 6.07) is 15.2. The molecule has 0 unspecified atom stereocenters. The molecular formula is C21H19ClN2O2S. The fourth-order valence-corrected chi connectivity index (χ4v) is 4.18. The summed E-state index contributed by atoms with van der Waals surface area (Å²) in [4.78, 5) is 28.4. The maximum absolute atomic E-state index is 13.1. The van der Waals surface area contributed by atoms with Gasteiger partial charge in [-0.05, 0) is 42.5 Å². The van der Waals surface area contributed by atoms with Gasteiger partial charge in [-0.1, -0.05) is 53.7 Å². The van der Waals surface area contributed by atoms with Gasteiger partial charge >= 0.3 is 0 Å². The number of fused-ring (bicyclic) bond motifs is 1. The molecule has 27 heavy (non-hydrogen) atoms. The monoisotopic (exact) mass is 398 g/mol. The summed E-state index contributed by atoms with van der Waals surface area (Å²) in [6.45, 7) is 1.04. The molecule has 0 saturated heterocycles. The van der Waals surface area contributed by atoms with Crippen LogP contribution in [0.1, 0.15) is 18.4 Å². The van der Waals surface area contributed by atoms with Gasteiger partial charge < -0.3 is 10.2 Å². The Morgan fingerprint density at radius 2 is 1.93 bits per heavy atom. The molecule has 0 atom stereocenters. The molecule has 2 amide bonds. The predicted molar refractivity (Wildman–Crippen MR) is 109 cm³/mol. The lowest BCUT2D eigenvalue weighted by atomic mass is 10.1. The van der Waals surface area contributed by atoms with Crippen LogP contribution in [0.4, 0.5) is 5.69 Å². The fourth-order valence-electron chi connectivity index (χ4n) is 2.95. The molecule has 1 fully saturated rings. The number of para-hydroxylation sites is 1. The van der Waals surface area contributed by atoms with Crippen molar-refractivity contribution in [3.8, 4) is 0 Å². The minimum atomic E-state index is -0.213. The van der Waals surface area contributed by atoms with E-state index in [1.807, 2.05) is 48.5 Å². The van der Waals surface area contributed by atoms with Crippen LogP contribution in [0.25, 0.3) is 0 Å². The molecule has 1 aliphatic heterocycles. The van der Waals surface area contributed by atoms with Gasteiger partial charge in [-0.3, -0.25) is 9.59 Å². The van der Waals surface area contributed by atoms with E-state index in [-0.39, 0.29) is 11.8 Å². The Kier molecular flexibility index (Phi) is 5.23. The van der Waals surface area contributed by atoms with Crippen LogP contribution >= 0.6 is 23.4 Å². The van der Waals surface area contributed by atoms with Gasteiger partial charge in [0.1, 0.15) is 0 Å². The summed E-state index contributed by atoms with van der Waals surface area (Å²) >= 11 is 7.63. The first kappa shape index (κ1) is 18.1. The van der Waals surface area contributed by atoms with Gasteiger partial charge in [-0.25, -0.2) is 0 Å². The molecule has 0 aromatic heterocycles. The van der Waals surface area contributed by atoms with E-state index in [1.165, 1.54) is 30.7 Å². The second kappa shape index (κ2) is 7.79. The zero-order chi connectivity index (χ0) is 18.8. The van der Waals surface area contributed by atoms with Crippen LogP contribution in [-0.2, 0) is 16.1 Å². The molecular weight excluding hydrogens is 380 g/mol. The van der Waals surface area contributed by atoms with E-state index in [2.05, 4.69) is 5.32 Å². The Morgan fingerprint density at radius 3 is 2.70 bits per heavy atom. The van der Waals surface area contributed by atoms with E-state index in [0.29, 0.717) is 28.9 Å². The van der Waals surface area contributed by atoms with Crippen molar-refractivity contribution < 1.29 is 9.59 Å². The molecule has 4 nitrogen and oxygen atoms in total. The Bertz CT molecular complexity index is 924. The van der Waals surface area contributed by atoms with Crippen molar-refractivity contribution in [3.63, 3.8) is 0 Å². The number of nitrogens with zero attached hydrogens (tertiary/aromatic N) is 1. The van der Waals surface area contributed by atoms with E-state index >= 15 is 0 Å². The summed E-state index contributed by atoms with van der Waals surface area (Å²) < 4.78 is 0. The van der Waals surface area contributed by atoms with Gasteiger partial charge in [-0.2, -0.15) is 0 Å². The quantitative estimate of drug-likeness (QED) is 0.760. The highest BCUT2D eigenvalue weighted by atomic mass is 35.5. The molecule has 138 valence electrons. The van der Waals surface area contributed by atoms with Crippen LogP contribution in [0.3, 0.4) is 0 Å². The summed E-state index contributed by atoms with van der Waals surface area (Å²) in [5.74, 6) is 0.203. The minimum Gasteiger partial charge on any atom is -0.352 e. The first-order valence-electron chi connectivity index (χ1n) is 8.93. The smallest absolute Gasteiger partial charge is 0.265 e. The van der Waals surface area contributed by atoms with Crippen LogP contribution in [-0.4, -0.2) is 18.4 Å². The van der Waals surface area contributed by atoms with Crippen molar-refractivity contribution in [2.75, 3.05) is 11.4 Å². The number of carbonyl (C=O) groups excluding carboxylic acids is 2. The standard InChI is InChI=1S/C21H19ClN2O2S/c22-16-6-2-1-5-15(16)13-24-17-7-3-4-8-18(17)27-19(21(24)26)11-20(25)23-12-14-9-10-14/h1-8,11,14H,9-10,12-13H2,(H,23,25). The first-order chi connectivity index (χ1) is 13.1. The summed E-state index contributed by atoms with van der Waals surface area (Å²) in [6.07, 6.45) is 3.76. The lowest BCUT2D eigenvalue weighted by Crippen LogP contribution is -2.34. The third-order valence-electron chi connectivity index (χ3n) is 4.64. The van der Waals surface area contributed by atoms with Gasteiger partial charge in [-0.15, -0.1) is 0 Å². The summed E-state index contributed by atoms with van der Waals surface area (Å²) in [5.41, 5.74) is 1.70. The van der Waals surface area contributed by atoms with Crippen molar-refractivity contribution in [2.45, 2.75) is 24.3 Å². The molecule has 1 heterocycles. The van der Waals surface area contributed by atoms with Gasteiger partial charge in [0.15, 0.2) is 0 Å². The minimum absolute atomic E-state index is 0.180. The lowest BCUT2D eigenvalue weighted by molar-refractivity contribution is -0.118. The highest BCUT2D eigenvalue weighted by Gasteiger charge is 2.30. The second-order valence-corrected chi connectivity index (χ2v) is 8.24. The molecule has 4 rings (SSSR count). The number of hydrogen-bond donors (Lipinski definition) is 1. The highest BCUT2D eigenvalue weighted by Crippen LogP contribution is 2.42. The van der Waals surface area contributed by atoms with Gasteiger partial charge in [0.2, 0.25) is 5.91 Å². The van der Waals surface area contributed by atoms with E-state index in [1.54, 1.807) is 4.90 Å². The number of thioether (sulfide) groups is 1. The van der Waals surface area contributed by atoms with Crippen molar-refractivity contribution in [2.24, 2.45) is 5.92 Å². The molecule has 2 aromatic carbocycles. The second-order valence-electron chi connectivity index (χ2n) is 6.75. The molecule has 1 N–H and O–H groups in total. The van der Waals surface area contributed by atoms with E-state index in [0.717, 1.165) is 16.1 Å². The van der Waals surface area contributed by atoms with Gasteiger partial charge in [0, 0.05) is 22.5 Å². The number of rotatable bonds is 5. The van der Waals surface area contributed by atoms with E-state index in [4.69, 9.17) is 11.6 Å². The molecule has 0 radical (unpaired) electrons. The molecule has 0 bridgehead atoms. The summed E-state index contributed by atoms with van der Waals surface area (Å²) in [5, 5.41) is 3.51. The average molecular weight is 399 g/mol. The maximum atomic E-state index is 13.1. The van der Waals surface area contributed by atoms with Crippen molar-refractivity contribution in [3.05, 3.63) is 70.1 Å². The van der Waals surface area contributed by atoms with E-state index < -0.39 is 0 Å². The van der Waals surface area contributed by atoms with Crippen LogP contribution < -0.4 is 10.2 Å². The van der Waals surface area contributed by atoms with Crippen LogP contribution in [0.2, 0.25) is 5.02 Å². The predicted octanol–water partition coefficient (Wildman–Crippen LogP) is 4.39. The first-order valence-corrected chi connectivity index (χ1v) is 10.1. The molecule has 2 aromatic rings. The number of hydrogen-bond acceptors (Lipinski definition) is 3. The zero-order valence-electron chi connectivity index (χ0n) is 14.7. The zero-order valence-corrected chi connectivity index (χ0v) is 16.2. The summed E-state index contributed by atoms with van der Waals surface area (Å²) in [7, 11) is 0. The van der Waals surface area contributed by atoms with Crippen LogP contribution in [0.5, 0.6) is 0 Å².